The Hall–Kier alpha value is -2.41. The maximum absolute atomic E-state index is 11.2. The molecular weight excluding hydrogens is 268 g/mol. The normalized spacial score (nSPS) is 11.6. The van der Waals surface area contributed by atoms with Crippen molar-refractivity contribution in [2.45, 2.75) is 26.2 Å². The van der Waals surface area contributed by atoms with Crippen molar-refractivity contribution in [1.29, 1.82) is 0 Å². The van der Waals surface area contributed by atoms with Crippen LogP contribution in [-0.2, 0) is 5.41 Å². The largest absolute Gasteiger partial charge is 0.298 e. The molecule has 0 amide bonds. The highest BCUT2D eigenvalue weighted by atomic mass is 16.1. The molecule has 0 aromatic heterocycles. The van der Waals surface area contributed by atoms with Crippen LogP contribution in [-0.4, -0.2) is 6.29 Å². The van der Waals surface area contributed by atoms with Crippen LogP contribution < -0.4 is 0 Å². The van der Waals surface area contributed by atoms with Crippen molar-refractivity contribution in [1.82, 2.24) is 0 Å². The average Bonchev–Trinajstić information content (AvgIpc) is 2.53. The van der Waals surface area contributed by atoms with E-state index in [4.69, 9.17) is 0 Å². The Labute approximate surface area is 131 Å². The number of aldehydes is 1. The predicted octanol–water partition coefficient (Wildman–Crippen LogP) is 5.62. The van der Waals surface area contributed by atoms with Gasteiger partial charge in [-0.3, -0.25) is 4.79 Å². The summed E-state index contributed by atoms with van der Waals surface area (Å²) >= 11 is 0. The van der Waals surface area contributed by atoms with Crippen molar-refractivity contribution in [3.8, 4) is 11.1 Å². The third kappa shape index (κ3) is 2.55. The number of carbonyl (C=O) groups is 1. The monoisotopic (exact) mass is 288 g/mol. The van der Waals surface area contributed by atoms with Gasteiger partial charge in [-0.1, -0.05) is 81.4 Å². The van der Waals surface area contributed by atoms with Gasteiger partial charge in [0, 0.05) is 5.56 Å². The molecule has 3 aromatic carbocycles. The van der Waals surface area contributed by atoms with Gasteiger partial charge in [-0.2, -0.15) is 0 Å². The van der Waals surface area contributed by atoms with E-state index in [0.717, 1.165) is 22.6 Å². The van der Waals surface area contributed by atoms with E-state index in [1.54, 1.807) is 0 Å². The van der Waals surface area contributed by atoms with Gasteiger partial charge >= 0.3 is 0 Å². The highest BCUT2D eigenvalue weighted by Gasteiger charge is 2.13. The number of rotatable bonds is 2. The summed E-state index contributed by atoms with van der Waals surface area (Å²) in [6.07, 6.45) is 0.925. The Bertz CT molecular complexity index is 821. The van der Waals surface area contributed by atoms with E-state index in [1.165, 1.54) is 16.7 Å². The zero-order valence-electron chi connectivity index (χ0n) is 13.3. The van der Waals surface area contributed by atoms with Gasteiger partial charge in [0.1, 0.15) is 0 Å². The molecule has 0 aliphatic heterocycles. The Morgan fingerprint density at radius 2 is 1.41 bits per heavy atom. The molecule has 1 nitrogen and oxygen atoms in total. The molecule has 0 radical (unpaired) electrons. The molecule has 0 spiro atoms. The topological polar surface area (TPSA) is 17.1 Å². The summed E-state index contributed by atoms with van der Waals surface area (Å²) in [6, 6.07) is 20.7. The number of carbonyl (C=O) groups excluding carboxylic acids is 1. The van der Waals surface area contributed by atoms with Crippen LogP contribution in [0.2, 0.25) is 0 Å². The van der Waals surface area contributed by atoms with Crippen molar-refractivity contribution >= 4 is 17.1 Å². The number of hydrogen-bond donors (Lipinski definition) is 0. The zero-order valence-corrected chi connectivity index (χ0v) is 13.3. The van der Waals surface area contributed by atoms with Crippen LogP contribution in [0.25, 0.3) is 21.9 Å². The molecule has 0 aliphatic carbocycles. The van der Waals surface area contributed by atoms with Gasteiger partial charge in [-0.25, -0.2) is 0 Å². The van der Waals surface area contributed by atoms with Crippen molar-refractivity contribution in [2.24, 2.45) is 0 Å². The summed E-state index contributed by atoms with van der Waals surface area (Å²) in [4.78, 5) is 11.2. The van der Waals surface area contributed by atoms with Crippen molar-refractivity contribution < 1.29 is 4.79 Å². The second kappa shape index (κ2) is 5.42. The van der Waals surface area contributed by atoms with Crippen LogP contribution >= 0.6 is 0 Å². The number of fused-ring (bicyclic) bond motifs is 1. The first kappa shape index (κ1) is 14.5. The van der Waals surface area contributed by atoms with Gasteiger partial charge in [0.05, 0.1) is 0 Å². The van der Waals surface area contributed by atoms with Gasteiger partial charge in [0.25, 0.3) is 0 Å². The maximum atomic E-state index is 11.2. The lowest BCUT2D eigenvalue weighted by atomic mass is 9.86. The minimum Gasteiger partial charge on any atom is -0.298 e. The van der Waals surface area contributed by atoms with Crippen molar-refractivity contribution in [2.75, 3.05) is 0 Å². The second-order valence-electron chi connectivity index (χ2n) is 6.69. The van der Waals surface area contributed by atoms with E-state index < -0.39 is 0 Å². The van der Waals surface area contributed by atoms with Gasteiger partial charge in [0.15, 0.2) is 6.29 Å². The van der Waals surface area contributed by atoms with Crippen LogP contribution in [0, 0.1) is 0 Å². The first-order valence-corrected chi connectivity index (χ1v) is 7.58. The lowest BCUT2D eigenvalue weighted by molar-refractivity contribution is 0.112. The van der Waals surface area contributed by atoms with Crippen LogP contribution in [0.1, 0.15) is 36.7 Å². The maximum Gasteiger partial charge on any atom is 0.150 e. The minimum atomic E-state index is 0.155. The molecule has 110 valence electrons. The molecule has 3 aromatic rings. The molecule has 0 N–H and O–H groups in total. The molecule has 0 aliphatic rings. The molecule has 0 fully saturated rings. The summed E-state index contributed by atoms with van der Waals surface area (Å²) in [5.74, 6) is 0. The smallest absolute Gasteiger partial charge is 0.150 e. The molecule has 0 unspecified atom stereocenters. The first-order valence-electron chi connectivity index (χ1n) is 7.58. The summed E-state index contributed by atoms with van der Waals surface area (Å²) in [5.41, 5.74) is 4.57. The fraction of sp³-hybridized carbons (Fsp3) is 0.190. The van der Waals surface area contributed by atoms with Crippen LogP contribution in [0.3, 0.4) is 0 Å². The predicted molar refractivity (Wildman–Crippen MR) is 93.5 cm³/mol. The standard InChI is InChI=1S/C21H20O/c1-21(2,3)17-11-8-15(9-12-17)19-13-10-16(14-22)18-6-4-5-7-20(18)19/h4-14H,1-3H3. The summed E-state index contributed by atoms with van der Waals surface area (Å²) < 4.78 is 0. The molecule has 0 saturated heterocycles. The highest BCUT2D eigenvalue weighted by Crippen LogP contribution is 2.32. The molecular formula is C21H20O. The number of benzene rings is 3. The molecule has 0 atom stereocenters. The lowest BCUT2D eigenvalue weighted by Gasteiger charge is -2.19. The van der Waals surface area contributed by atoms with Crippen molar-refractivity contribution in [3.63, 3.8) is 0 Å². The van der Waals surface area contributed by atoms with E-state index in [1.807, 2.05) is 30.3 Å². The molecule has 0 heterocycles. The van der Waals surface area contributed by atoms with E-state index in [-0.39, 0.29) is 5.41 Å². The minimum absolute atomic E-state index is 0.155. The summed E-state index contributed by atoms with van der Waals surface area (Å²) in [7, 11) is 0. The second-order valence-corrected chi connectivity index (χ2v) is 6.69. The highest BCUT2D eigenvalue weighted by molar-refractivity contribution is 6.05. The van der Waals surface area contributed by atoms with Crippen LogP contribution in [0.15, 0.2) is 60.7 Å². The Kier molecular flexibility index (Phi) is 3.58. The zero-order chi connectivity index (χ0) is 15.7. The third-order valence-electron chi connectivity index (χ3n) is 4.15. The molecule has 0 bridgehead atoms. The van der Waals surface area contributed by atoms with Crippen molar-refractivity contribution in [3.05, 3.63) is 71.8 Å². The first-order chi connectivity index (χ1) is 10.5. The molecule has 1 heteroatoms. The number of hydrogen-bond acceptors (Lipinski definition) is 1. The Balaban J connectivity index is 2.17. The molecule has 3 rings (SSSR count). The molecule has 22 heavy (non-hydrogen) atoms. The third-order valence-corrected chi connectivity index (χ3v) is 4.15. The van der Waals surface area contributed by atoms with E-state index in [0.29, 0.717) is 0 Å². The van der Waals surface area contributed by atoms with Crippen LogP contribution in [0.5, 0.6) is 0 Å². The van der Waals surface area contributed by atoms with Gasteiger partial charge in [-0.05, 0) is 32.9 Å². The summed E-state index contributed by atoms with van der Waals surface area (Å²) in [6.45, 7) is 6.66. The van der Waals surface area contributed by atoms with Gasteiger partial charge < -0.3 is 0 Å². The van der Waals surface area contributed by atoms with E-state index >= 15 is 0 Å². The summed E-state index contributed by atoms with van der Waals surface area (Å²) in [5, 5.41) is 2.13. The van der Waals surface area contributed by atoms with E-state index in [2.05, 4.69) is 51.1 Å². The van der Waals surface area contributed by atoms with Crippen LogP contribution in [0.4, 0.5) is 0 Å². The quantitative estimate of drug-likeness (QED) is 0.559. The fourth-order valence-electron chi connectivity index (χ4n) is 2.83. The Morgan fingerprint density at radius 1 is 0.773 bits per heavy atom. The lowest BCUT2D eigenvalue weighted by Crippen LogP contribution is -2.10. The van der Waals surface area contributed by atoms with E-state index in [9.17, 15) is 4.79 Å². The molecule has 0 saturated carbocycles. The van der Waals surface area contributed by atoms with Gasteiger partial charge in [-0.15, -0.1) is 0 Å². The SMILES string of the molecule is CC(C)(C)c1ccc(-c2ccc(C=O)c3ccccc23)cc1. The Morgan fingerprint density at radius 3 is 2.00 bits per heavy atom. The van der Waals surface area contributed by atoms with Gasteiger partial charge in [0.2, 0.25) is 0 Å². The fourth-order valence-corrected chi connectivity index (χ4v) is 2.83. The average molecular weight is 288 g/mol.